The first-order valence-electron chi connectivity index (χ1n) is 6.76. The van der Waals surface area contributed by atoms with Gasteiger partial charge in [-0.05, 0) is 24.1 Å². The van der Waals surface area contributed by atoms with Crippen LogP contribution in [0.25, 0.3) is 10.9 Å². The molecule has 0 spiro atoms. The van der Waals surface area contributed by atoms with Crippen LogP contribution in [0.15, 0.2) is 27.7 Å². The van der Waals surface area contributed by atoms with E-state index in [1.54, 1.807) is 0 Å². The number of aromatic nitrogens is 2. The Labute approximate surface area is 136 Å². The first-order valence-corrected chi connectivity index (χ1v) is 8.54. The van der Waals surface area contributed by atoms with Crippen molar-refractivity contribution in [1.82, 2.24) is 9.97 Å². The highest BCUT2D eigenvalue weighted by atomic mass is 79.9. The van der Waals surface area contributed by atoms with E-state index in [1.807, 2.05) is 18.2 Å². The molecule has 2 aromatic rings. The maximum absolute atomic E-state index is 10.7. The highest BCUT2D eigenvalue weighted by Gasteiger charge is 2.11. The number of hydrogen-bond acceptors (Lipinski definition) is 4. The lowest BCUT2D eigenvalue weighted by atomic mass is 10.1. The molecule has 0 saturated carbocycles. The zero-order valence-corrected chi connectivity index (χ0v) is 14.4. The van der Waals surface area contributed by atoms with E-state index in [9.17, 15) is 4.79 Å². The largest absolute Gasteiger partial charge is 0.481 e. The van der Waals surface area contributed by atoms with Gasteiger partial charge in [-0.3, -0.25) is 4.79 Å². The van der Waals surface area contributed by atoms with Crippen LogP contribution in [0, 0.1) is 5.92 Å². The molecule has 4 nitrogen and oxygen atoms in total. The van der Waals surface area contributed by atoms with Gasteiger partial charge in [-0.25, -0.2) is 9.97 Å². The minimum Gasteiger partial charge on any atom is -0.481 e. The van der Waals surface area contributed by atoms with Gasteiger partial charge in [0.2, 0.25) is 0 Å². The maximum Gasteiger partial charge on any atom is 0.304 e. The summed E-state index contributed by atoms with van der Waals surface area (Å²) in [6.07, 6.45) is 0.947. The smallest absolute Gasteiger partial charge is 0.304 e. The standard InChI is InChI=1S/C15H17BrN2O2S/c1-9(2)7-13-17-12-4-3-10(16)8-11(12)15(18-13)21-6-5-14(19)20/h3-4,8-9H,5-7H2,1-2H3,(H,19,20). The number of aliphatic carboxylic acids is 1. The van der Waals surface area contributed by atoms with Gasteiger partial charge in [-0.2, -0.15) is 0 Å². The lowest BCUT2D eigenvalue weighted by Crippen LogP contribution is -2.03. The number of carboxylic acids is 1. The fourth-order valence-electron chi connectivity index (χ4n) is 1.92. The van der Waals surface area contributed by atoms with Gasteiger partial charge in [0.1, 0.15) is 10.9 Å². The molecule has 0 radical (unpaired) electrons. The number of benzene rings is 1. The number of nitrogens with zero attached hydrogens (tertiary/aromatic N) is 2. The molecule has 1 aromatic heterocycles. The Hall–Kier alpha value is -1.14. The first kappa shape index (κ1) is 16.2. The molecular formula is C15H17BrN2O2S. The van der Waals surface area contributed by atoms with E-state index in [4.69, 9.17) is 5.11 Å². The molecule has 0 fully saturated rings. The van der Waals surface area contributed by atoms with Crippen LogP contribution in [0.1, 0.15) is 26.1 Å². The molecule has 0 saturated heterocycles. The van der Waals surface area contributed by atoms with Crippen molar-refractivity contribution in [3.63, 3.8) is 0 Å². The van der Waals surface area contributed by atoms with Gasteiger partial charge in [-0.15, -0.1) is 11.8 Å². The van der Waals surface area contributed by atoms with Crippen LogP contribution in [0.4, 0.5) is 0 Å². The zero-order chi connectivity index (χ0) is 15.4. The lowest BCUT2D eigenvalue weighted by molar-refractivity contribution is -0.136. The summed E-state index contributed by atoms with van der Waals surface area (Å²) in [6, 6.07) is 5.91. The topological polar surface area (TPSA) is 63.1 Å². The predicted molar refractivity (Wildman–Crippen MR) is 88.8 cm³/mol. The molecule has 0 aliphatic rings. The third-order valence-corrected chi connectivity index (χ3v) is 4.30. The van der Waals surface area contributed by atoms with Gasteiger partial charge in [0.15, 0.2) is 0 Å². The SMILES string of the molecule is CC(C)Cc1nc(SCCC(=O)O)c2cc(Br)ccc2n1. The number of carboxylic acid groups (broad SMARTS) is 1. The van der Waals surface area contributed by atoms with E-state index in [1.165, 1.54) is 11.8 Å². The second-order valence-corrected chi connectivity index (χ2v) is 7.20. The highest BCUT2D eigenvalue weighted by Crippen LogP contribution is 2.28. The summed E-state index contributed by atoms with van der Waals surface area (Å²) in [6.45, 7) is 4.26. The van der Waals surface area contributed by atoms with Crippen molar-refractivity contribution in [2.75, 3.05) is 5.75 Å². The summed E-state index contributed by atoms with van der Waals surface area (Å²) in [5.74, 6) is 1.02. The van der Waals surface area contributed by atoms with Crippen molar-refractivity contribution in [3.8, 4) is 0 Å². The molecular weight excluding hydrogens is 352 g/mol. The molecule has 21 heavy (non-hydrogen) atoms. The van der Waals surface area contributed by atoms with E-state index in [2.05, 4.69) is 39.7 Å². The summed E-state index contributed by atoms with van der Waals surface area (Å²) in [5, 5.41) is 10.6. The van der Waals surface area contributed by atoms with Crippen LogP contribution in [0.5, 0.6) is 0 Å². The average Bonchev–Trinajstić information content (AvgIpc) is 2.38. The molecule has 0 unspecified atom stereocenters. The van der Waals surface area contributed by atoms with Gasteiger partial charge < -0.3 is 5.11 Å². The molecule has 0 aliphatic heterocycles. The van der Waals surface area contributed by atoms with E-state index >= 15 is 0 Å². The zero-order valence-electron chi connectivity index (χ0n) is 12.0. The molecule has 1 N–H and O–H groups in total. The molecule has 112 valence electrons. The average molecular weight is 369 g/mol. The van der Waals surface area contributed by atoms with Crippen molar-refractivity contribution < 1.29 is 9.90 Å². The van der Waals surface area contributed by atoms with Crippen molar-refractivity contribution in [2.45, 2.75) is 31.7 Å². The van der Waals surface area contributed by atoms with E-state index < -0.39 is 5.97 Å². The predicted octanol–water partition coefficient (Wildman–Crippen LogP) is 4.16. The molecule has 1 aromatic carbocycles. The van der Waals surface area contributed by atoms with Crippen molar-refractivity contribution in [2.24, 2.45) is 5.92 Å². The Bertz CT molecular complexity index is 661. The highest BCUT2D eigenvalue weighted by molar-refractivity contribution is 9.10. The second kappa shape index (κ2) is 7.22. The fraction of sp³-hybridized carbons (Fsp3) is 0.400. The molecule has 0 bridgehead atoms. The number of rotatable bonds is 6. The summed E-state index contributed by atoms with van der Waals surface area (Å²) >= 11 is 4.93. The quantitative estimate of drug-likeness (QED) is 0.612. The Morgan fingerprint density at radius 1 is 1.38 bits per heavy atom. The van der Waals surface area contributed by atoms with Crippen LogP contribution < -0.4 is 0 Å². The van der Waals surface area contributed by atoms with Crippen molar-refractivity contribution in [1.29, 1.82) is 0 Å². The normalized spacial score (nSPS) is 11.2. The third-order valence-electron chi connectivity index (χ3n) is 2.81. The fourth-order valence-corrected chi connectivity index (χ4v) is 3.24. The number of carbonyl (C=O) groups is 1. The van der Waals surface area contributed by atoms with Crippen LogP contribution >= 0.6 is 27.7 Å². The van der Waals surface area contributed by atoms with Crippen LogP contribution in [-0.2, 0) is 11.2 Å². The Balaban J connectivity index is 2.37. The Morgan fingerprint density at radius 3 is 2.81 bits per heavy atom. The Morgan fingerprint density at radius 2 is 2.14 bits per heavy atom. The van der Waals surface area contributed by atoms with Gasteiger partial charge in [0.25, 0.3) is 0 Å². The minimum absolute atomic E-state index is 0.129. The van der Waals surface area contributed by atoms with Gasteiger partial charge >= 0.3 is 5.97 Å². The van der Waals surface area contributed by atoms with Crippen LogP contribution in [-0.4, -0.2) is 26.8 Å². The molecule has 0 aliphatic carbocycles. The van der Waals surface area contributed by atoms with Gasteiger partial charge in [-0.1, -0.05) is 29.8 Å². The second-order valence-electron chi connectivity index (χ2n) is 5.20. The summed E-state index contributed by atoms with van der Waals surface area (Å²) in [4.78, 5) is 19.9. The van der Waals surface area contributed by atoms with Gasteiger partial charge in [0, 0.05) is 22.0 Å². The lowest BCUT2D eigenvalue weighted by Gasteiger charge is -2.10. The molecule has 2 rings (SSSR count). The van der Waals surface area contributed by atoms with Crippen molar-refractivity contribution in [3.05, 3.63) is 28.5 Å². The molecule has 1 heterocycles. The Kier molecular flexibility index (Phi) is 5.58. The summed E-state index contributed by atoms with van der Waals surface area (Å²) < 4.78 is 0.968. The van der Waals surface area contributed by atoms with Crippen LogP contribution in [0.3, 0.4) is 0 Å². The number of fused-ring (bicyclic) bond motifs is 1. The summed E-state index contributed by atoms with van der Waals surface area (Å²) in [5.41, 5.74) is 0.904. The molecule has 0 amide bonds. The van der Waals surface area contributed by atoms with E-state index in [-0.39, 0.29) is 6.42 Å². The van der Waals surface area contributed by atoms with E-state index in [0.717, 1.165) is 32.6 Å². The number of hydrogen-bond donors (Lipinski definition) is 1. The number of halogens is 1. The third kappa shape index (κ3) is 4.68. The minimum atomic E-state index is -0.788. The molecule has 0 atom stereocenters. The number of thioether (sulfide) groups is 1. The van der Waals surface area contributed by atoms with Crippen LogP contribution in [0.2, 0.25) is 0 Å². The molecule has 6 heteroatoms. The maximum atomic E-state index is 10.7. The first-order chi connectivity index (χ1) is 9.95. The van der Waals surface area contributed by atoms with E-state index in [0.29, 0.717) is 11.7 Å². The monoisotopic (exact) mass is 368 g/mol. The van der Waals surface area contributed by atoms with Gasteiger partial charge in [0.05, 0.1) is 11.9 Å². The van der Waals surface area contributed by atoms with Crippen molar-refractivity contribution >= 4 is 44.6 Å². The summed E-state index contributed by atoms with van der Waals surface area (Å²) in [7, 11) is 0.